The van der Waals surface area contributed by atoms with Gasteiger partial charge in [0.25, 0.3) is 5.91 Å². The zero-order chi connectivity index (χ0) is 46.7. The number of carbonyl (C=O) groups is 4. The van der Waals surface area contributed by atoms with E-state index in [0.717, 1.165) is 41.6 Å². The molecular weight excluding hydrogens is 869 g/mol. The van der Waals surface area contributed by atoms with Crippen LogP contribution < -0.4 is 20.1 Å². The highest BCUT2D eigenvalue weighted by atomic mass is 32.1. The van der Waals surface area contributed by atoms with E-state index < -0.39 is 24.3 Å². The fourth-order valence-electron chi connectivity index (χ4n) is 8.44. The number of nitrogens with zero attached hydrogens (tertiary/aromatic N) is 4. The predicted molar refractivity (Wildman–Crippen MR) is 246 cm³/mol. The Morgan fingerprint density at radius 3 is 1.82 bits per heavy atom. The molecule has 2 saturated heterocycles. The van der Waals surface area contributed by atoms with Gasteiger partial charge in [0.2, 0.25) is 5.91 Å². The third-order valence-corrected chi connectivity index (χ3v) is 12.5. The van der Waals surface area contributed by atoms with E-state index in [-0.39, 0.29) is 43.0 Å². The molecule has 0 unspecified atom stereocenters. The minimum Gasteiger partial charge on any atom is -0.487 e. The molecule has 5 aromatic rings. The smallest absolute Gasteiger partial charge is 0.407 e. The van der Waals surface area contributed by atoms with E-state index in [1.807, 2.05) is 67.1 Å². The van der Waals surface area contributed by atoms with Gasteiger partial charge in [0.15, 0.2) is 11.5 Å². The molecule has 7 rings (SSSR count). The highest BCUT2D eigenvalue weighted by molar-refractivity contribution is 7.08. The number of aromatic amines is 2. The number of likely N-dealkylation sites (tertiary alicyclic amines) is 2. The van der Waals surface area contributed by atoms with Crippen LogP contribution in [0.15, 0.2) is 65.6 Å². The van der Waals surface area contributed by atoms with E-state index in [4.69, 9.17) is 38.4 Å². The first kappa shape index (κ1) is 47.5. The van der Waals surface area contributed by atoms with E-state index in [1.54, 1.807) is 36.4 Å². The summed E-state index contributed by atoms with van der Waals surface area (Å²) in [7, 11) is 5.77. The maximum absolute atomic E-state index is 14.1. The molecule has 18 nitrogen and oxygen atoms in total. The van der Waals surface area contributed by atoms with Gasteiger partial charge in [0.05, 0.1) is 63.3 Å². The van der Waals surface area contributed by atoms with Crippen molar-refractivity contribution in [2.75, 3.05) is 68.0 Å². The normalized spacial score (nSPS) is 16.8. The number of aromatic nitrogens is 4. The topological polar surface area (TPSA) is 212 Å². The van der Waals surface area contributed by atoms with Crippen LogP contribution in [0.5, 0.6) is 11.5 Å². The van der Waals surface area contributed by atoms with Gasteiger partial charge in [0, 0.05) is 38.4 Å². The van der Waals surface area contributed by atoms with Crippen molar-refractivity contribution in [3.05, 3.63) is 82.8 Å². The number of methoxy groups -OCH3 is 4. The average molecular weight is 927 g/mol. The molecular formula is C47H58N8O10S. The number of imidazole rings is 2. The Labute approximate surface area is 387 Å². The Kier molecular flexibility index (Phi) is 16.0. The summed E-state index contributed by atoms with van der Waals surface area (Å²) in [5, 5.41) is 9.11. The molecule has 4 amide bonds. The minimum atomic E-state index is -0.910. The van der Waals surface area contributed by atoms with E-state index in [9.17, 15) is 19.2 Å². The highest BCUT2D eigenvalue weighted by Gasteiger charge is 2.39. The van der Waals surface area contributed by atoms with Crippen molar-refractivity contribution in [1.82, 2.24) is 40.4 Å². The first-order valence-corrected chi connectivity index (χ1v) is 22.9. The summed E-state index contributed by atoms with van der Waals surface area (Å²) >= 11 is 1.44. The van der Waals surface area contributed by atoms with E-state index in [2.05, 4.69) is 20.6 Å². The van der Waals surface area contributed by atoms with E-state index in [0.29, 0.717) is 72.7 Å². The number of H-pyrrole nitrogens is 2. The van der Waals surface area contributed by atoms with Crippen molar-refractivity contribution in [1.29, 1.82) is 0 Å². The number of thiophene rings is 1. The van der Waals surface area contributed by atoms with Gasteiger partial charge < -0.3 is 58.8 Å². The third-order valence-electron chi connectivity index (χ3n) is 11.8. The molecule has 352 valence electrons. The third kappa shape index (κ3) is 10.6. The monoisotopic (exact) mass is 926 g/mol. The molecule has 0 bridgehead atoms. The quantitative estimate of drug-likeness (QED) is 0.0614. The molecule has 0 radical (unpaired) electrons. The van der Waals surface area contributed by atoms with Gasteiger partial charge in [-0.15, -0.1) is 0 Å². The zero-order valence-electron chi connectivity index (χ0n) is 38.1. The van der Waals surface area contributed by atoms with Gasteiger partial charge in [0.1, 0.15) is 36.9 Å². The van der Waals surface area contributed by atoms with Crippen LogP contribution in [0.1, 0.15) is 74.9 Å². The van der Waals surface area contributed by atoms with E-state index >= 15 is 0 Å². The van der Waals surface area contributed by atoms with Gasteiger partial charge in [-0.05, 0) is 77.3 Å². The molecule has 4 N–H and O–H groups in total. The molecule has 3 aromatic heterocycles. The largest absolute Gasteiger partial charge is 0.487 e. The molecule has 0 aliphatic carbocycles. The summed E-state index contributed by atoms with van der Waals surface area (Å²) in [5.41, 5.74) is 5.37. The summed E-state index contributed by atoms with van der Waals surface area (Å²) in [6.07, 6.45) is 5.15. The SMILES string of the molecule is COCCOc1c(-c2ccc(-c3cnc([C@@H]4CCCN4C(=O)[C@@H](NC(=O)OC)C(C)C)[nH]3)cc2)ccc(-c2cnc([C@@H]3CCCN3C(=O)[C@H](NC(=O)OC)c3ccsc3)[nH]2)c1OCCOC. The Morgan fingerprint density at radius 2 is 1.24 bits per heavy atom. The number of hydrogen-bond acceptors (Lipinski definition) is 13. The Bertz CT molecular complexity index is 2420. The van der Waals surface area contributed by atoms with Gasteiger partial charge in [-0.3, -0.25) is 9.59 Å². The number of alkyl carbamates (subject to hydrolysis) is 2. The number of nitrogens with one attached hydrogen (secondary N) is 4. The van der Waals surface area contributed by atoms with Crippen LogP contribution >= 0.6 is 11.3 Å². The van der Waals surface area contributed by atoms with Gasteiger partial charge in [-0.1, -0.05) is 38.1 Å². The average Bonchev–Trinajstić information content (AvgIpc) is 4.20. The number of carbonyl (C=O) groups excluding carboxylic acids is 4. The first-order valence-electron chi connectivity index (χ1n) is 22.0. The lowest BCUT2D eigenvalue weighted by Crippen LogP contribution is -2.51. The molecule has 19 heteroatoms. The van der Waals surface area contributed by atoms with Crippen LogP contribution in [-0.4, -0.2) is 128 Å². The summed E-state index contributed by atoms with van der Waals surface area (Å²) in [6, 6.07) is 11.5. The van der Waals surface area contributed by atoms with Crippen LogP contribution in [-0.2, 0) is 28.5 Å². The number of amides is 4. The van der Waals surface area contributed by atoms with Crippen LogP contribution in [0.25, 0.3) is 33.6 Å². The van der Waals surface area contributed by atoms with Gasteiger partial charge in [-0.25, -0.2) is 19.6 Å². The van der Waals surface area contributed by atoms with Crippen molar-refractivity contribution in [2.45, 2.75) is 63.7 Å². The second-order valence-corrected chi connectivity index (χ2v) is 17.1. The zero-order valence-corrected chi connectivity index (χ0v) is 38.9. The predicted octanol–water partition coefficient (Wildman–Crippen LogP) is 7.05. The van der Waals surface area contributed by atoms with Crippen LogP contribution in [0.2, 0.25) is 0 Å². The molecule has 5 heterocycles. The van der Waals surface area contributed by atoms with Crippen LogP contribution in [0.4, 0.5) is 9.59 Å². The van der Waals surface area contributed by atoms with Crippen molar-refractivity contribution < 1.29 is 47.6 Å². The lowest BCUT2D eigenvalue weighted by atomic mass is 9.98. The molecule has 66 heavy (non-hydrogen) atoms. The standard InChI is InChI=1S/C47H58N8O10S/c1-28(2)38(52-46(58)62-5)44(56)54-18-7-9-36(54)42-48-25-34(50-42)30-13-11-29(12-14-30)32-15-16-33(41(65-23-21-61-4)40(32)64-22-20-60-3)35-26-49-43(51-35)37-10-8-19-55(37)45(57)39(53-47(59)63-6)31-17-24-66-27-31/h11-17,24-28,36-39H,7-10,18-23H2,1-6H3,(H,48,50)(H,49,51)(H,52,58)(H,53,59)/t36-,37-,38-,39+/m0/s1. The molecule has 4 atom stereocenters. The molecule has 0 saturated carbocycles. The maximum atomic E-state index is 14.1. The second kappa shape index (κ2) is 22.2. The summed E-state index contributed by atoms with van der Waals surface area (Å²) in [6.45, 7) is 5.98. The molecule has 2 aromatic carbocycles. The van der Waals surface area contributed by atoms with Gasteiger partial charge in [-0.2, -0.15) is 11.3 Å². The van der Waals surface area contributed by atoms with Crippen LogP contribution in [0, 0.1) is 5.92 Å². The van der Waals surface area contributed by atoms with Crippen LogP contribution in [0.3, 0.4) is 0 Å². The minimum absolute atomic E-state index is 0.140. The maximum Gasteiger partial charge on any atom is 0.407 e. The van der Waals surface area contributed by atoms with Crippen molar-refractivity contribution in [2.24, 2.45) is 5.92 Å². The van der Waals surface area contributed by atoms with Crippen molar-refractivity contribution >= 4 is 35.3 Å². The number of hydrogen-bond donors (Lipinski definition) is 4. The molecule has 2 fully saturated rings. The fraction of sp³-hybridized carbons (Fsp3) is 0.447. The van der Waals surface area contributed by atoms with Crippen molar-refractivity contribution in [3.8, 4) is 45.1 Å². The lowest BCUT2D eigenvalue weighted by molar-refractivity contribution is -0.135. The Balaban J connectivity index is 1.16. The first-order chi connectivity index (χ1) is 32.1. The molecule has 2 aliphatic rings. The fourth-order valence-corrected chi connectivity index (χ4v) is 9.13. The van der Waals surface area contributed by atoms with Gasteiger partial charge >= 0.3 is 12.2 Å². The lowest BCUT2D eigenvalue weighted by Gasteiger charge is -2.30. The number of ether oxygens (including phenoxy) is 6. The second-order valence-electron chi connectivity index (χ2n) is 16.3. The number of rotatable bonds is 19. The highest BCUT2D eigenvalue weighted by Crippen LogP contribution is 2.46. The summed E-state index contributed by atoms with van der Waals surface area (Å²) in [4.78, 5) is 72.2. The molecule has 2 aliphatic heterocycles. The van der Waals surface area contributed by atoms with E-state index in [1.165, 1.54) is 25.6 Å². The molecule has 0 spiro atoms. The van der Waals surface area contributed by atoms with Crippen molar-refractivity contribution in [3.63, 3.8) is 0 Å². The Morgan fingerprint density at radius 1 is 0.697 bits per heavy atom. The Hall–Kier alpha value is -6.44. The summed E-state index contributed by atoms with van der Waals surface area (Å²) < 4.78 is 33.3. The number of benzene rings is 2. The summed E-state index contributed by atoms with van der Waals surface area (Å²) in [5.74, 6) is 1.70.